The predicted octanol–water partition coefficient (Wildman–Crippen LogP) is 1.81. The summed E-state index contributed by atoms with van der Waals surface area (Å²) in [6.45, 7) is 5.18. The fraction of sp³-hybridized carbons (Fsp3) is 0.577. The highest BCUT2D eigenvalue weighted by atomic mass is 19.4. The van der Waals surface area contributed by atoms with Crippen LogP contribution in [0.2, 0.25) is 0 Å². The van der Waals surface area contributed by atoms with Crippen LogP contribution in [0.4, 0.5) is 13.2 Å². The van der Waals surface area contributed by atoms with E-state index in [1.165, 1.54) is 24.7 Å². The summed E-state index contributed by atoms with van der Waals surface area (Å²) >= 11 is 0. The number of aromatic carboxylic acids is 1. The van der Waals surface area contributed by atoms with Crippen molar-refractivity contribution in [3.8, 4) is 5.75 Å². The SMILES string of the molecule is Cn1cnc(C(=O)O)c1.O=C(CN1CC2C(CNCc3cccc(OC(F)(F)F)c3)C2C1)N1CCC(CO)C1. The number of aryl methyl sites for hydroxylation is 1. The molecule has 10 nitrogen and oxygen atoms in total. The monoisotopic (exact) mass is 553 g/mol. The van der Waals surface area contributed by atoms with Gasteiger partial charge in [-0.15, -0.1) is 13.2 Å². The summed E-state index contributed by atoms with van der Waals surface area (Å²) in [5.74, 6) is 0.934. The first-order valence-electron chi connectivity index (χ1n) is 12.9. The summed E-state index contributed by atoms with van der Waals surface area (Å²) in [5.41, 5.74) is 0.832. The van der Waals surface area contributed by atoms with E-state index >= 15 is 0 Å². The molecule has 2 aliphatic heterocycles. The van der Waals surface area contributed by atoms with Crippen LogP contribution in [0.15, 0.2) is 36.8 Å². The summed E-state index contributed by atoms with van der Waals surface area (Å²) < 4.78 is 42.5. The number of piperidine rings is 1. The smallest absolute Gasteiger partial charge is 0.476 e. The lowest BCUT2D eigenvalue weighted by molar-refractivity contribution is -0.274. The second-order valence-electron chi connectivity index (χ2n) is 10.4. The summed E-state index contributed by atoms with van der Waals surface area (Å²) in [5, 5.41) is 20.9. The minimum absolute atomic E-state index is 0.0810. The van der Waals surface area contributed by atoms with Crippen LogP contribution in [0.5, 0.6) is 5.75 Å². The highest BCUT2D eigenvalue weighted by molar-refractivity contribution is 5.84. The molecule has 214 valence electrons. The zero-order valence-corrected chi connectivity index (χ0v) is 21.7. The summed E-state index contributed by atoms with van der Waals surface area (Å²) in [6.07, 6.45) is -0.904. The van der Waals surface area contributed by atoms with E-state index in [1.807, 2.05) is 4.90 Å². The normalized spacial score (nSPS) is 24.2. The summed E-state index contributed by atoms with van der Waals surface area (Å²) in [7, 11) is 1.72. The third kappa shape index (κ3) is 8.16. The maximum Gasteiger partial charge on any atom is 0.573 e. The number of likely N-dealkylation sites (tertiary alicyclic amines) is 2. The number of fused-ring (bicyclic) bond motifs is 1. The number of nitrogens with one attached hydrogen (secondary N) is 1. The highest BCUT2D eigenvalue weighted by Crippen LogP contribution is 2.51. The number of carbonyl (C=O) groups excluding carboxylic acids is 1. The molecule has 13 heteroatoms. The Kier molecular flexibility index (Phi) is 9.13. The molecule has 1 amide bonds. The van der Waals surface area contributed by atoms with E-state index in [2.05, 4.69) is 19.9 Å². The van der Waals surface area contributed by atoms with Gasteiger partial charge in [0, 0.05) is 58.5 Å². The van der Waals surface area contributed by atoms with Crippen LogP contribution in [0.3, 0.4) is 0 Å². The lowest BCUT2D eigenvalue weighted by Gasteiger charge is -2.23. The Hall–Kier alpha value is -3.16. The Balaban J connectivity index is 0.000000333. The number of rotatable bonds is 9. The molecule has 0 bridgehead atoms. The largest absolute Gasteiger partial charge is 0.573 e. The topological polar surface area (TPSA) is 120 Å². The predicted molar refractivity (Wildman–Crippen MR) is 134 cm³/mol. The van der Waals surface area contributed by atoms with Crippen LogP contribution < -0.4 is 10.1 Å². The van der Waals surface area contributed by atoms with Crippen LogP contribution in [0.25, 0.3) is 0 Å². The number of aliphatic hydroxyl groups excluding tert-OH is 1. The van der Waals surface area contributed by atoms with E-state index in [9.17, 15) is 27.9 Å². The maximum atomic E-state index is 12.4. The van der Waals surface area contributed by atoms with Gasteiger partial charge in [0.2, 0.25) is 5.91 Å². The molecule has 0 radical (unpaired) electrons. The molecule has 1 aromatic heterocycles. The first kappa shape index (κ1) is 28.8. The van der Waals surface area contributed by atoms with Gasteiger partial charge in [-0.25, -0.2) is 9.78 Å². The Bertz CT molecular complexity index is 1130. The van der Waals surface area contributed by atoms with Gasteiger partial charge in [-0.05, 0) is 48.4 Å². The summed E-state index contributed by atoms with van der Waals surface area (Å²) in [6, 6.07) is 6.03. The van der Waals surface area contributed by atoms with Crippen molar-refractivity contribution in [2.24, 2.45) is 30.7 Å². The lowest BCUT2D eigenvalue weighted by atomic mass is 10.1. The molecule has 1 aliphatic carbocycles. The number of hydrogen-bond donors (Lipinski definition) is 3. The number of halogens is 3. The van der Waals surface area contributed by atoms with Crippen molar-refractivity contribution in [2.45, 2.75) is 19.3 Å². The number of aromatic nitrogens is 2. The Morgan fingerprint density at radius 3 is 2.51 bits per heavy atom. The molecule has 0 spiro atoms. The molecule has 2 saturated heterocycles. The Labute approximate surface area is 224 Å². The molecular weight excluding hydrogens is 519 g/mol. The third-order valence-electron chi connectivity index (χ3n) is 7.47. The zero-order chi connectivity index (χ0) is 28.2. The van der Waals surface area contributed by atoms with Gasteiger partial charge in [0.05, 0.1) is 12.9 Å². The molecule has 3 atom stereocenters. The molecule has 3 unspecified atom stereocenters. The number of nitrogens with zero attached hydrogens (tertiary/aromatic N) is 4. The van der Waals surface area contributed by atoms with Gasteiger partial charge in [0.15, 0.2) is 5.69 Å². The first-order valence-corrected chi connectivity index (χ1v) is 12.9. The number of alkyl halides is 3. The van der Waals surface area contributed by atoms with Crippen molar-refractivity contribution < 1.29 is 37.7 Å². The van der Waals surface area contributed by atoms with Crippen LogP contribution in [-0.2, 0) is 18.4 Å². The second-order valence-corrected chi connectivity index (χ2v) is 10.4. The van der Waals surface area contributed by atoms with Gasteiger partial charge in [-0.3, -0.25) is 9.69 Å². The molecule has 3 fully saturated rings. The molecule has 1 saturated carbocycles. The molecule has 3 aliphatic rings. The van der Waals surface area contributed by atoms with Gasteiger partial charge < -0.3 is 29.7 Å². The highest BCUT2D eigenvalue weighted by Gasteiger charge is 2.55. The van der Waals surface area contributed by atoms with Crippen LogP contribution >= 0.6 is 0 Å². The number of aliphatic hydroxyl groups is 1. The number of carboxylic acids is 1. The number of benzene rings is 1. The zero-order valence-electron chi connectivity index (χ0n) is 21.7. The van der Waals surface area contributed by atoms with Crippen LogP contribution in [0.1, 0.15) is 22.5 Å². The molecule has 3 N–H and O–H groups in total. The fourth-order valence-corrected chi connectivity index (χ4v) is 5.43. The first-order chi connectivity index (χ1) is 18.5. The number of carboxylic acid groups (broad SMARTS) is 1. The molecule has 2 aromatic rings. The van der Waals surface area contributed by atoms with Gasteiger partial charge in [-0.1, -0.05) is 12.1 Å². The Morgan fingerprint density at radius 2 is 1.95 bits per heavy atom. The number of ether oxygens (including phenoxy) is 1. The van der Waals surface area contributed by atoms with Gasteiger partial charge in [0.25, 0.3) is 0 Å². The van der Waals surface area contributed by atoms with E-state index < -0.39 is 12.3 Å². The van der Waals surface area contributed by atoms with E-state index in [1.54, 1.807) is 23.7 Å². The maximum absolute atomic E-state index is 12.4. The fourth-order valence-electron chi connectivity index (χ4n) is 5.43. The van der Waals surface area contributed by atoms with E-state index in [0.29, 0.717) is 37.4 Å². The average molecular weight is 554 g/mol. The average Bonchev–Trinajstić information content (AvgIpc) is 3.35. The standard InChI is InChI=1S/C21H28F3N3O3.C5H6N2O2/c22-21(23,24)30-16-3-1-2-14(6-16)7-25-8-17-18-10-26(11-19(17)18)12-20(29)27-5-4-15(9-27)13-28;1-7-2-4(5(8)9)6-3-7/h1-3,6,15,17-19,25,28H,4-5,7-13H2;2-3H,1H3,(H,8,9). The second kappa shape index (κ2) is 12.3. The van der Waals surface area contributed by atoms with Crippen molar-refractivity contribution >= 4 is 11.9 Å². The number of carbonyl (C=O) groups is 2. The summed E-state index contributed by atoms with van der Waals surface area (Å²) in [4.78, 5) is 30.2. The van der Waals surface area contributed by atoms with Crippen molar-refractivity contribution in [3.05, 3.63) is 48.0 Å². The quantitative estimate of drug-likeness (QED) is 0.430. The van der Waals surface area contributed by atoms with E-state index in [4.69, 9.17) is 5.11 Å². The lowest BCUT2D eigenvalue weighted by Crippen LogP contribution is -2.40. The van der Waals surface area contributed by atoms with Crippen molar-refractivity contribution in [3.63, 3.8) is 0 Å². The third-order valence-corrected chi connectivity index (χ3v) is 7.47. The molecule has 1 aromatic carbocycles. The minimum atomic E-state index is -4.68. The Morgan fingerprint density at radius 1 is 1.21 bits per heavy atom. The number of imidazole rings is 1. The number of amides is 1. The minimum Gasteiger partial charge on any atom is -0.476 e. The molecular formula is C26H34F3N5O5. The van der Waals surface area contributed by atoms with E-state index in [0.717, 1.165) is 38.2 Å². The van der Waals surface area contributed by atoms with Crippen LogP contribution in [-0.4, -0.2) is 93.7 Å². The van der Waals surface area contributed by atoms with Gasteiger partial charge in [-0.2, -0.15) is 0 Å². The van der Waals surface area contributed by atoms with E-state index in [-0.39, 0.29) is 29.9 Å². The van der Waals surface area contributed by atoms with Crippen molar-refractivity contribution in [1.82, 2.24) is 24.7 Å². The molecule has 39 heavy (non-hydrogen) atoms. The number of hydrogen-bond acceptors (Lipinski definition) is 7. The van der Waals surface area contributed by atoms with Crippen molar-refractivity contribution in [2.75, 3.05) is 45.9 Å². The van der Waals surface area contributed by atoms with Crippen molar-refractivity contribution in [1.29, 1.82) is 0 Å². The van der Waals surface area contributed by atoms with Crippen LogP contribution in [0, 0.1) is 23.7 Å². The van der Waals surface area contributed by atoms with Gasteiger partial charge >= 0.3 is 12.3 Å². The molecule has 3 heterocycles. The van der Waals surface area contributed by atoms with Gasteiger partial charge in [0.1, 0.15) is 5.75 Å². The molecule has 5 rings (SSSR count).